The average Bonchev–Trinajstić information content (AvgIpc) is 2.86. The van der Waals surface area contributed by atoms with Crippen molar-refractivity contribution in [2.45, 2.75) is 37.7 Å². The van der Waals surface area contributed by atoms with Crippen LogP contribution >= 0.6 is 0 Å². The van der Waals surface area contributed by atoms with E-state index in [2.05, 4.69) is 15.6 Å². The molecule has 1 aromatic carbocycles. The Balaban J connectivity index is 1.97. The number of aliphatic hydroxyl groups is 1. The molecule has 1 saturated carbocycles. The first-order valence-corrected chi connectivity index (χ1v) is 6.31. The highest BCUT2D eigenvalue weighted by Crippen LogP contribution is 2.32. The molecular weight excluding hydrogens is 212 g/mol. The van der Waals surface area contributed by atoms with Crippen LogP contribution in [0.2, 0.25) is 0 Å². The second-order valence-corrected chi connectivity index (χ2v) is 5.18. The van der Waals surface area contributed by atoms with E-state index in [0.29, 0.717) is 6.42 Å². The van der Waals surface area contributed by atoms with Gasteiger partial charge in [0.05, 0.1) is 16.6 Å². The largest absolute Gasteiger partial charge is 0.389 e. The van der Waals surface area contributed by atoms with E-state index in [1.54, 1.807) is 0 Å². The molecule has 1 heterocycles. The third-order valence-corrected chi connectivity index (χ3v) is 3.90. The SMILES string of the molecule is Cn1c(CC2(O)CCCC2)nc2ccccc21. The van der Waals surface area contributed by atoms with Gasteiger partial charge in [0.2, 0.25) is 0 Å². The maximum absolute atomic E-state index is 10.4. The number of imidazole rings is 1. The summed E-state index contributed by atoms with van der Waals surface area (Å²) in [5.41, 5.74) is 1.64. The van der Waals surface area contributed by atoms with E-state index in [9.17, 15) is 5.11 Å². The van der Waals surface area contributed by atoms with Crippen LogP contribution in [0.5, 0.6) is 0 Å². The zero-order chi connectivity index (χ0) is 11.9. The number of nitrogens with zero attached hydrogens (tertiary/aromatic N) is 2. The predicted octanol–water partition coefficient (Wildman–Crippen LogP) is 2.42. The standard InChI is InChI=1S/C14H18N2O/c1-16-12-7-3-2-6-11(12)15-13(16)10-14(17)8-4-5-9-14/h2-3,6-7,17H,4-5,8-10H2,1H3. The van der Waals surface area contributed by atoms with Crippen LogP contribution in [0, 0.1) is 0 Å². The van der Waals surface area contributed by atoms with Crippen LogP contribution in [0.3, 0.4) is 0 Å². The van der Waals surface area contributed by atoms with Crippen molar-refractivity contribution >= 4 is 11.0 Å². The summed E-state index contributed by atoms with van der Waals surface area (Å²) in [4.78, 5) is 4.62. The van der Waals surface area contributed by atoms with E-state index in [-0.39, 0.29) is 0 Å². The fraction of sp³-hybridized carbons (Fsp3) is 0.500. The molecule has 2 aromatic rings. The van der Waals surface area contributed by atoms with Crippen molar-refractivity contribution in [1.82, 2.24) is 9.55 Å². The summed E-state index contributed by atoms with van der Waals surface area (Å²) in [7, 11) is 2.03. The second-order valence-electron chi connectivity index (χ2n) is 5.18. The molecule has 90 valence electrons. The van der Waals surface area contributed by atoms with Crippen LogP contribution < -0.4 is 0 Å². The highest BCUT2D eigenvalue weighted by atomic mass is 16.3. The van der Waals surface area contributed by atoms with Gasteiger partial charge in [0.1, 0.15) is 5.82 Å². The van der Waals surface area contributed by atoms with Crippen molar-refractivity contribution in [2.24, 2.45) is 7.05 Å². The lowest BCUT2D eigenvalue weighted by Gasteiger charge is -2.21. The molecule has 3 heteroatoms. The number of fused-ring (bicyclic) bond motifs is 1. The summed E-state index contributed by atoms with van der Waals surface area (Å²) in [6, 6.07) is 8.13. The number of para-hydroxylation sites is 2. The van der Waals surface area contributed by atoms with Crippen LogP contribution in [0.25, 0.3) is 11.0 Å². The smallest absolute Gasteiger partial charge is 0.112 e. The molecular formula is C14H18N2O. The van der Waals surface area contributed by atoms with Crippen LogP contribution in [0.1, 0.15) is 31.5 Å². The van der Waals surface area contributed by atoms with Crippen LogP contribution in [-0.4, -0.2) is 20.3 Å². The van der Waals surface area contributed by atoms with Crippen molar-refractivity contribution in [3.8, 4) is 0 Å². The molecule has 0 bridgehead atoms. The molecule has 17 heavy (non-hydrogen) atoms. The topological polar surface area (TPSA) is 38.0 Å². The Morgan fingerprint density at radius 3 is 2.71 bits per heavy atom. The number of hydrogen-bond acceptors (Lipinski definition) is 2. The molecule has 0 spiro atoms. The van der Waals surface area contributed by atoms with E-state index in [1.165, 1.54) is 0 Å². The number of rotatable bonds is 2. The zero-order valence-corrected chi connectivity index (χ0v) is 10.2. The number of aromatic nitrogens is 2. The van der Waals surface area contributed by atoms with E-state index in [0.717, 1.165) is 42.5 Å². The molecule has 1 aliphatic rings. The Labute approximate surface area is 101 Å². The molecule has 1 aromatic heterocycles. The van der Waals surface area contributed by atoms with E-state index >= 15 is 0 Å². The minimum atomic E-state index is -0.519. The van der Waals surface area contributed by atoms with Crippen molar-refractivity contribution in [1.29, 1.82) is 0 Å². The lowest BCUT2D eigenvalue weighted by Crippen LogP contribution is -2.28. The van der Waals surface area contributed by atoms with Crippen LogP contribution in [0.15, 0.2) is 24.3 Å². The number of aryl methyl sites for hydroxylation is 1. The lowest BCUT2D eigenvalue weighted by molar-refractivity contribution is 0.0456. The Bertz CT molecular complexity index is 538. The molecule has 0 atom stereocenters. The molecule has 3 rings (SSSR count). The maximum Gasteiger partial charge on any atom is 0.112 e. The van der Waals surface area contributed by atoms with Gasteiger partial charge in [-0.2, -0.15) is 0 Å². The second kappa shape index (κ2) is 3.84. The summed E-state index contributed by atoms with van der Waals surface area (Å²) < 4.78 is 2.10. The molecule has 0 aliphatic heterocycles. The van der Waals surface area contributed by atoms with Gasteiger partial charge in [0, 0.05) is 13.5 Å². The van der Waals surface area contributed by atoms with Gasteiger partial charge in [-0.3, -0.25) is 0 Å². The summed E-state index contributed by atoms with van der Waals surface area (Å²) in [6.45, 7) is 0. The Kier molecular flexibility index (Phi) is 2.44. The maximum atomic E-state index is 10.4. The summed E-state index contributed by atoms with van der Waals surface area (Å²) in [5.74, 6) is 0.996. The van der Waals surface area contributed by atoms with Gasteiger partial charge in [-0.1, -0.05) is 25.0 Å². The van der Waals surface area contributed by atoms with E-state index < -0.39 is 5.60 Å². The first-order valence-electron chi connectivity index (χ1n) is 6.31. The molecule has 3 nitrogen and oxygen atoms in total. The summed E-state index contributed by atoms with van der Waals surface area (Å²) in [6.07, 6.45) is 4.78. The summed E-state index contributed by atoms with van der Waals surface area (Å²) >= 11 is 0. The van der Waals surface area contributed by atoms with Gasteiger partial charge in [0.15, 0.2) is 0 Å². The summed E-state index contributed by atoms with van der Waals surface area (Å²) in [5, 5.41) is 10.4. The van der Waals surface area contributed by atoms with Crippen LogP contribution in [0.4, 0.5) is 0 Å². The first kappa shape index (κ1) is 10.8. The highest BCUT2D eigenvalue weighted by molar-refractivity contribution is 5.75. The fourth-order valence-corrected chi connectivity index (χ4v) is 2.86. The molecule has 0 unspecified atom stereocenters. The number of hydrogen-bond donors (Lipinski definition) is 1. The first-order chi connectivity index (χ1) is 8.18. The molecule has 1 aliphatic carbocycles. The lowest BCUT2D eigenvalue weighted by atomic mass is 9.98. The van der Waals surface area contributed by atoms with Crippen molar-refractivity contribution < 1.29 is 5.11 Å². The minimum absolute atomic E-state index is 0.519. The van der Waals surface area contributed by atoms with E-state index in [1.807, 2.05) is 25.2 Å². The van der Waals surface area contributed by atoms with Crippen LogP contribution in [-0.2, 0) is 13.5 Å². The Hall–Kier alpha value is -1.35. The third kappa shape index (κ3) is 1.84. The molecule has 0 saturated heterocycles. The average molecular weight is 230 g/mol. The monoisotopic (exact) mass is 230 g/mol. The Morgan fingerprint density at radius 1 is 1.29 bits per heavy atom. The van der Waals surface area contributed by atoms with Gasteiger partial charge in [-0.25, -0.2) is 4.98 Å². The molecule has 0 radical (unpaired) electrons. The minimum Gasteiger partial charge on any atom is -0.389 e. The highest BCUT2D eigenvalue weighted by Gasteiger charge is 2.32. The Morgan fingerprint density at radius 2 is 2.00 bits per heavy atom. The quantitative estimate of drug-likeness (QED) is 0.860. The van der Waals surface area contributed by atoms with Gasteiger partial charge in [0.25, 0.3) is 0 Å². The number of benzene rings is 1. The fourth-order valence-electron chi connectivity index (χ4n) is 2.86. The van der Waals surface area contributed by atoms with Gasteiger partial charge < -0.3 is 9.67 Å². The molecule has 0 amide bonds. The zero-order valence-electron chi connectivity index (χ0n) is 10.2. The van der Waals surface area contributed by atoms with Crippen molar-refractivity contribution in [2.75, 3.05) is 0 Å². The van der Waals surface area contributed by atoms with Gasteiger partial charge in [-0.15, -0.1) is 0 Å². The third-order valence-electron chi connectivity index (χ3n) is 3.90. The molecule has 1 fully saturated rings. The molecule has 1 N–H and O–H groups in total. The van der Waals surface area contributed by atoms with Gasteiger partial charge in [-0.05, 0) is 25.0 Å². The van der Waals surface area contributed by atoms with E-state index in [4.69, 9.17) is 0 Å². The predicted molar refractivity (Wildman–Crippen MR) is 67.8 cm³/mol. The normalized spacial score (nSPS) is 18.9. The van der Waals surface area contributed by atoms with Crippen molar-refractivity contribution in [3.63, 3.8) is 0 Å². The van der Waals surface area contributed by atoms with Crippen molar-refractivity contribution in [3.05, 3.63) is 30.1 Å². The van der Waals surface area contributed by atoms with Gasteiger partial charge >= 0.3 is 0 Å².